The molecule has 17 heavy (non-hydrogen) atoms. The summed E-state index contributed by atoms with van der Waals surface area (Å²) in [6, 6.07) is 10.00. The van der Waals surface area contributed by atoms with E-state index >= 15 is 0 Å². The van der Waals surface area contributed by atoms with Crippen molar-refractivity contribution in [2.75, 3.05) is 13.1 Å². The topological polar surface area (TPSA) is 20.3 Å². The maximum atomic E-state index is 12.1. The number of piperidine rings is 1. The van der Waals surface area contributed by atoms with E-state index in [0.29, 0.717) is 11.8 Å². The van der Waals surface area contributed by atoms with Crippen LogP contribution in [0.25, 0.3) is 0 Å². The first-order chi connectivity index (χ1) is 8.07. The highest BCUT2D eigenvalue weighted by molar-refractivity contribution is 5.78. The quantitative estimate of drug-likeness (QED) is 0.766. The predicted molar refractivity (Wildman–Crippen MR) is 69.7 cm³/mol. The molecule has 2 nitrogen and oxygen atoms in total. The van der Waals surface area contributed by atoms with Crippen LogP contribution in [0.3, 0.4) is 0 Å². The zero-order valence-electron chi connectivity index (χ0n) is 10.8. The van der Waals surface area contributed by atoms with E-state index in [-0.39, 0.29) is 5.91 Å². The summed E-state index contributed by atoms with van der Waals surface area (Å²) in [6.07, 6.45) is 2.78. The normalized spacial score (nSPS) is 19.1. The average Bonchev–Trinajstić information content (AvgIpc) is 2.30. The van der Waals surface area contributed by atoms with Gasteiger partial charge in [0.2, 0.25) is 5.91 Å². The van der Waals surface area contributed by atoms with Crippen LogP contribution in [0.2, 0.25) is 0 Å². The van der Waals surface area contributed by atoms with Crippen molar-refractivity contribution in [3.8, 4) is 0 Å². The molecule has 0 bridgehead atoms. The number of benzene rings is 1. The van der Waals surface area contributed by atoms with Gasteiger partial charge in [-0.2, -0.15) is 0 Å². The Balaban J connectivity index is 1.90. The maximum absolute atomic E-state index is 12.1. The first-order valence-electron chi connectivity index (χ1n) is 6.39. The Labute approximate surface area is 104 Å². The van der Waals surface area contributed by atoms with Crippen LogP contribution >= 0.6 is 0 Å². The Morgan fingerprint density at radius 3 is 2.35 bits per heavy atom. The van der Waals surface area contributed by atoms with Crippen molar-refractivity contribution in [2.45, 2.75) is 33.1 Å². The third kappa shape index (κ3) is 3.32. The summed E-state index contributed by atoms with van der Waals surface area (Å²) in [4.78, 5) is 14.1. The van der Waals surface area contributed by atoms with Gasteiger partial charge in [0, 0.05) is 13.1 Å². The lowest BCUT2D eigenvalue weighted by Gasteiger charge is -2.37. The minimum Gasteiger partial charge on any atom is -0.342 e. The number of carbonyl (C=O) groups excluding carboxylic acids is 1. The smallest absolute Gasteiger partial charge is 0.226 e. The van der Waals surface area contributed by atoms with E-state index in [9.17, 15) is 4.79 Å². The van der Waals surface area contributed by atoms with Crippen LogP contribution < -0.4 is 0 Å². The number of hydrogen-bond donors (Lipinski definition) is 0. The zero-order valence-corrected chi connectivity index (χ0v) is 10.8. The molecule has 0 atom stereocenters. The molecular weight excluding hydrogens is 210 g/mol. The van der Waals surface area contributed by atoms with Crippen molar-refractivity contribution < 1.29 is 4.79 Å². The van der Waals surface area contributed by atoms with Crippen LogP contribution in [0, 0.1) is 5.41 Å². The fraction of sp³-hybridized carbons (Fsp3) is 0.533. The Morgan fingerprint density at radius 1 is 1.18 bits per heavy atom. The Hall–Kier alpha value is -1.31. The summed E-state index contributed by atoms with van der Waals surface area (Å²) in [5.41, 5.74) is 1.52. The molecule has 1 heterocycles. The van der Waals surface area contributed by atoms with Gasteiger partial charge in [0.1, 0.15) is 0 Å². The minimum absolute atomic E-state index is 0.270. The average molecular weight is 231 g/mol. The molecule has 0 saturated carbocycles. The summed E-state index contributed by atoms with van der Waals surface area (Å²) in [5, 5.41) is 0. The van der Waals surface area contributed by atoms with Gasteiger partial charge in [-0.15, -0.1) is 0 Å². The number of likely N-dealkylation sites (tertiary alicyclic amines) is 1. The van der Waals surface area contributed by atoms with Crippen molar-refractivity contribution in [3.63, 3.8) is 0 Å². The molecule has 1 aliphatic heterocycles. The van der Waals surface area contributed by atoms with E-state index < -0.39 is 0 Å². The van der Waals surface area contributed by atoms with Crippen molar-refractivity contribution in [1.82, 2.24) is 4.90 Å². The van der Waals surface area contributed by atoms with E-state index in [2.05, 4.69) is 13.8 Å². The van der Waals surface area contributed by atoms with Crippen molar-refractivity contribution >= 4 is 5.91 Å². The Bertz CT molecular complexity index is 373. The van der Waals surface area contributed by atoms with E-state index in [4.69, 9.17) is 0 Å². The molecule has 92 valence electrons. The highest BCUT2D eigenvalue weighted by atomic mass is 16.2. The summed E-state index contributed by atoms with van der Waals surface area (Å²) in [7, 11) is 0. The molecule has 0 radical (unpaired) electrons. The molecule has 0 spiro atoms. The number of nitrogens with zero attached hydrogens (tertiary/aromatic N) is 1. The highest BCUT2D eigenvalue weighted by Gasteiger charge is 2.27. The monoisotopic (exact) mass is 231 g/mol. The van der Waals surface area contributed by atoms with Crippen molar-refractivity contribution in [2.24, 2.45) is 5.41 Å². The van der Waals surface area contributed by atoms with Crippen LogP contribution in [-0.2, 0) is 11.2 Å². The summed E-state index contributed by atoms with van der Waals surface area (Å²) >= 11 is 0. The molecule has 1 aromatic rings. The van der Waals surface area contributed by atoms with Gasteiger partial charge in [-0.3, -0.25) is 4.79 Å². The third-order valence-electron chi connectivity index (χ3n) is 3.67. The van der Waals surface area contributed by atoms with Gasteiger partial charge in [-0.25, -0.2) is 0 Å². The molecule has 1 aromatic carbocycles. The fourth-order valence-corrected chi connectivity index (χ4v) is 2.24. The van der Waals surface area contributed by atoms with Gasteiger partial charge in [0.15, 0.2) is 0 Å². The Morgan fingerprint density at radius 2 is 1.76 bits per heavy atom. The van der Waals surface area contributed by atoms with Crippen molar-refractivity contribution in [3.05, 3.63) is 35.9 Å². The van der Waals surface area contributed by atoms with Gasteiger partial charge in [0.05, 0.1) is 6.42 Å². The molecule has 0 unspecified atom stereocenters. The lowest BCUT2D eigenvalue weighted by atomic mass is 9.82. The largest absolute Gasteiger partial charge is 0.342 e. The van der Waals surface area contributed by atoms with Crippen LogP contribution in [-0.4, -0.2) is 23.9 Å². The van der Waals surface area contributed by atoms with E-state index in [1.54, 1.807) is 0 Å². The zero-order chi connectivity index (χ0) is 12.3. The third-order valence-corrected chi connectivity index (χ3v) is 3.67. The molecule has 1 fully saturated rings. The second kappa shape index (κ2) is 4.91. The first-order valence-corrected chi connectivity index (χ1v) is 6.39. The predicted octanol–water partition coefficient (Wildman–Crippen LogP) is 2.88. The summed E-state index contributed by atoms with van der Waals surface area (Å²) in [6.45, 7) is 6.40. The lowest BCUT2D eigenvalue weighted by Crippen LogP contribution is -2.41. The molecule has 1 amide bonds. The van der Waals surface area contributed by atoms with Crippen molar-refractivity contribution in [1.29, 1.82) is 0 Å². The minimum atomic E-state index is 0.270. The van der Waals surface area contributed by atoms with Gasteiger partial charge >= 0.3 is 0 Å². The molecule has 2 rings (SSSR count). The highest BCUT2D eigenvalue weighted by Crippen LogP contribution is 2.29. The second-order valence-corrected chi connectivity index (χ2v) is 5.71. The molecule has 2 heteroatoms. The standard InChI is InChI=1S/C15H21NO/c1-15(2)8-10-16(11-9-15)14(17)12-13-6-4-3-5-7-13/h3-7H,8-12H2,1-2H3. The maximum Gasteiger partial charge on any atom is 0.226 e. The lowest BCUT2D eigenvalue weighted by molar-refractivity contribution is -0.132. The van der Waals surface area contributed by atoms with E-state index in [1.165, 1.54) is 0 Å². The van der Waals surface area contributed by atoms with Crippen LogP contribution in [0.4, 0.5) is 0 Å². The molecule has 0 aliphatic carbocycles. The van der Waals surface area contributed by atoms with Gasteiger partial charge in [0.25, 0.3) is 0 Å². The molecule has 1 aliphatic rings. The number of amides is 1. The van der Waals surface area contributed by atoms with E-state index in [0.717, 1.165) is 31.5 Å². The second-order valence-electron chi connectivity index (χ2n) is 5.71. The summed E-state index contributed by atoms with van der Waals surface area (Å²) < 4.78 is 0. The Kier molecular flexibility index (Phi) is 3.51. The van der Waals surface area contributed by atoms with Crippen LogP contribution in [0.15, 0.2) is 30.3 Å². The molecule has 0 aromatic heterocycles. The number of rotatable bonds is 2. The number of carbonyl (C=O) groups is 1. The van der Waals surface area contributed by atoms with Gasteiger partial charge in [-0.1, -0.05) is 44.2 Å². The number of hydrogen-bond acceptors (Lipinski definition) is 1. The van der Waals surface area contributed by atoms with Gasteiger partial charge in [-0.05, 0) is 23.8 Å². The summed E-state index contributed by atoms with van der Waals surface area (Å²) in [5.74, 6) is 0.270. The van der Waals surface area contributed by atoms with Crippen LogP contribution in [0.5, 0.6) is 0 Å². The fourth-order valence-electron chi connectivity index (χ4n) is 2.24. The SMILES string of the molecule is CC1(C)CCN(C(=O)Cc2ccccc2)CC1. The van der Waals surface area contributed by atoms with Crippen LogP contribution in [0.1, 0.15) is 32.3 Å². The first kappa shape index (κ1) is 12.2. The molecular formula is C15H21NO. The van der Waals surface area contributed by atoms with E-state index in [1.807, 2.05) is 35.2 Å². The molecule has 1 saturated heterocycles. The molecule has 0 N–H and O–H groups in total. The van der Waals surface area contributed by atoms with Gasteiger partial charge < -0.3 is 4.90 Å².